The molecule has 3 N–H and O–H groups in total. The highest BCUT2D eigenvalue weighted by Gasteiger charge is 2.38. The first-order valence-corrected chi connectivity index (χ1v) is 10.5. The van der Waals surface area contributed by atoms with Crippen molar-refractivity contribution >= 4 is 5.78 Å². The van der Waals surface area contributed by atoms with Gasteiger partial charge < -0.3 is 15.5 Å². The molecule has 0 bridgehead atoms. The predicted molar refractivity (Wildman–Crippen MR) is 111 cm³/mol. The highest BCUT2D eigenvalue weighted by Crippen LogP contribution is 2.41. The molecule has 3 rings (SSSR count). The summed E-state index contributed by atoms with van der Waals surface area (Å²) in [6, 6.07) is 13.9. The van der Waals surface area contributed by atoms with Crippen LogP contribution >= 0.6 is 0 Å². The van der Waals surface area contributed by atoms with E-state index in [4.69, 9.17) is 0 Å². The van der Waals surface area contributed by atoms with Crippen LogP contribution in [-0.2, 0) is 4.79 Å². The molecule has 4 heteroatoms. The molecule has 0 amide bonds. The van der Waals surface area contributed by atoms with E-state index < -0.39 is 0 Å². The molecule has 1 fully saturated rings. The van der Waals surface area contributed by atoms with Gasteiger partial charge in [0.2, 0.25) is 0 Å². The number of carbonyl (C=O) groups is 1. The van der Waals surface area contributed by atoms with E-state index in [0.29, 0.717) is 6.42 Å². The summed E-state index contributed by atoms with van der Waals surface area (Å²) < 4.78 is 0. The molecule has 0 aliphatic carbocycles. The highest BCUT2D eigenvalue weighted by atomic mass is 16.3. The Balaban J connectivity index is 1.82. The Morgan fingerprint density at radius 2 is 1.50 bits per heavy atom. The Hall–Kier alpha value is -2.33. The summed E-state index contributed by atoms with van der Waals surface area (Å²) in [4.78, 5) is 13.1. The number of piperidine rings is 1. The quantitative estimate of drug-likeness (QED) is 0.534. The van der Waals surface area contributed by atoms with Crippen molar-refractivity contribution in [2.45, 2.75) is 64.0 Å². The Morgan fingerprint density at radius 1 is 0.893 bits per heavy atom. The Bertz CT molecular complexity index is 789. The minimum atomic E-state index is -0.255. The monoisotopic (exact) mass is 381 g/mol. The summed E-state index contributed by atoms with van der Waals surface area (Å²) in [5, 5.41) is 24.2. The maximum Gasteiger partial charge on any atom is 0.139 e. The fourth-order valence-corrected chi connectivity index (χ4v) is 4.26. The number of unbranched alkanes of at least 4 members (excludes halogenated alkanes) is 4. The third-order valence-corrected chi connectivity index (χ3v) is 5.80. The van der Waals surface area contributed by atoms with Crippen LogP contribution in [-0.4, -0.2) is 16.0 Å². The van der Waals surface area contributed by atoms with Crippen molar-refractivity contribution in [2.24, 2.45) is 5.92 Å². The summed E-state index contributed by atoms with van der Waals surface area (Å²) in [6.07, 6.45) is 6.97. The first-order valence-electron chi connectivity index (χ1n) is 10.5. The molecule has 1 aliphatic heterocycles. The normalized spacial score (nSPS) is 22.3. The van der Waals surface area contributed by atoms with Crippen molar-refractivity contribution < 1.29 is 15.0 Å². The molecule has 2 aromatic rings. The molecular weight excluding hydrogens is 350 g/mol. The Morgan fingerprint density at radius 3 is 2.14 bits per heavy atom. The second-order valence-electron chi connectivity index (χ2n) is 7.79. The van der Waals surface area contributed by atoms with E-state index >= 15 is 0 Å². The van der Waals surface area contributed by atoms with Gasteiger partial charge in [-0.3, -0.25) is 4.79 Å². The second-order valence-corrected chi connectivity index (χ2v) is 7.79. The fraction of sp³-hybridized carbons (Fsp3) is 0.458. The van der Waals surface area contributed by atoms with Crippen LogP contribution in [0.1, 0.15) is 75.1 Å². The topological polar surface area (TPSA) is 69.6 Å². The molecule has 0 spiro atoms. The van der Waals surface area contributed by atoms with Crippen molar-refractivity contribution in [3.8, 4) is 11.5 Å². The smallest absolute Gasteiger partial charge is 0.139 e. The summed E-state index contributed by atoms with van der Waals surface area (Å²) >= 11 is 0. The molecule has 28 heavy (non-hydrogen) atoms. The Labute approximate surface area is 167 Å². The van der Waals surface area contributed by atoms with Crippen molar-refractivity contribution in [3.05, 3.63) is 59.7 Å². The lowest BCUT2D eigenvalue weighted by Crippen LogP contribution is -2.42. The minimum Gasteiger partial charge on any atom is -0.508 e. The Kier molecular flexibility index (Phi) is 7.10. The molecule has 0 aromatic heterocycles. The summed E-state index contributed by atoms with van der Waals surface area (Å²) in [7, 11) is 0. The van der Waals surface area contributed by atoms with Gasteiger partial charge in [-0.2, -0.15) is 0 Å². The van der Waals surface area contributed by atoms with Crippen molar-refractivity contribution in [1.82, 2.24) is 5.32 Å². The zero-order valence-corrected chi connectivity index (χ0v) is 16.6. The number of phenols is 2. The number of aromatic hydroxyl groups is 2. The van der Waals surface area contributed by atoms with Crippen molar-refractivity contribution in [2.75, 3.05) is 0 Å². The second kappa shape index (κ2) is 9.74. The van der Waals surface area contributed by atoms with Crippen molar-refractivity contribution in [3.63, 3.8) is 0 Å². The third-order valence-electron chi connectivity index (χ3n) is 5.80. The van der Waals surface area contributed by atoms with E-state index in [1.54, 1.807) is 24.3 Å². The number of rotatable bonds is 8. The van der Waals surface area contributed by atoms with E-state index in [9.17, 15) is 15.0 Å². The molecule has 3 atom stereocenters. The van der Waals surface area contributed by atoms with Crippen LogP contribution in [0.5, 0.6) is 11.5 Å². The lowest BCUT2D eigenvalue weighted by atomic mass is 9.78. The van der Waals surface area contributed by atoms with Crippen LogP contribution in [0.2, 0.25) is 0 Å². The third kappa shape index (κ3) is 4.74. The van der Waals surface area contributed by atoms with Gasteiger partial charge in [-0.1, -0.05) is 75.4 Å². The molecular formula is C24H31NO3. The van der Waals surface area contributed by atoms with E-state index in [1.807, 2.05) is 24.3 Å². The molecule has 0 radical (unpaired) electrons. The van der Waals surface area contributed by atoms with Crippen LogP contribution in [0.25, 0.3) is 0 Å². The minimum absolute atomic E-state index is 0.156. The molecule has 0 saturated carbocycles. The van der Waals surface area contributed by atoms with Gasteiger partial charge in [-0.25, -0.2) is 0 Å². The molecule has 3 unspecified atom stereocenters. The van der Waals surface area contributed by atoms with Gasteiger partial charge in [0.15, 0.2) is 0 Å². The fourth-order valence-electron chi connectivity index (χ4n) is 4.26. The van der Waals surface area contributed by atoms with E-state index in [0.717, 1.165) is 30.4 Å². The average molecular weight is 382 g/mol. The lowest BCUT2D eigenvalue weighted by Gasteiger charge is -2.37. The number of phenolic OH excluding ortho intramolecular Hbond substituents is 2. The number of benzene rings is 2. The SMILES string of the molecule is CCCCCCCC1C(=O)CC(c2ccccc2O)NC1c1ccccc1O. The van der Waals surface area contributed by atoms with Crippen LogP contribution in [0.15, 0.2) is 48.5 Å². The maximum atomic E-state index is 13.1. The van der Waals surface area contributed by atoms with Crippen LogP contribution < -0.4 is 5.32 Å². The first kappa shape index (κ1) is 20.4. The molecule has 1 saturated heterocycles. The van der Waals surface area contributed by atoms with Crippen LogP contribution in [0.3, 0.4) is 0 Å². The number of ketones is 1. The zero-order valence-electron chi connectivity index (χ0n) is 16.6. The van der Waals surface area contributed by atoms with E-state index in [2.05, 4.69) is 12.2 Å². The van der Waals surface area contributed by atoms with Gasteiger partial charge in [0.1, 0.15) is 17.3 Å². The number of nitrogens with one attached hydrogen (secondary N) is 1. The molecule has 4 nitrogen and oxygen atoms in total. The molecule has 2 aromatic carbocycles. The van der Waals surface area contributed by atoms with Crippen LogP contribution in [0.4, 0.5) is 0 Å². The van der Waals surface area contributed by atoms with Gasteiger partial charge in [-0.05, 0) is 18.6 Å². The van der Waals surface area contributed by atoms with Gasteiger partial charge in [0.25, 0.3) is 0 Å². The van der Waals surface area contributed by atoms with Gasteiger partial charge >= 0.3 is 0 Å². The van der Waals surface area contributed by atoms with Crippen LogP contribution in [0, 0.1) is 5.92 Å². The molecule has 1 heterocycles. The van der Waals surface area contributed by atoms with Gasteiger partial charge in [-0.15, -0.1) is 0 Å². The molecule has 150 valence electrons. The zero-order chi connectivity index (χ0) is 19.9. The van der Waals surface area contributed by atoms with E-state index in [1.165, 1.54) is 19.3 Å². The standard InChI is InChI=1S/C24H31NO3/c1-2-3-4-5-6-12-19-23(28)16-20(17-11-7-9-14-21(17)26)25-24(19)18-13-8-10-15-22(18)27/h7-11,13-15,19-20,24-27H,2-6,12,16H2,1H3. The number of para-hydroxylation sites is 2. The van der Waals surface area contributed by atoms with Gasteiger partial charge in [0.05, 0.1) is 0 Å². The summed E-state index contributed by atoms with van der Waals surface area (Å²) in [5.74, 6) is 0.455. The largest absolute Gasteiger partial charge is 0.508 e. The maximum absolute atomic E-state index is 13.1. The first-order chi connectivity index (χ1) is 13.6. The lowest BCUT2D eigenvalue weighted by molar-refractivity contribution is -0.127. The predicted octanol–water partition coefficient (Wildman–Crippen LogP) is 5.42. The summed E-state index contributed by atoms with van der Waals surface area (Å²) in [6.45, 7) is 2.20. The van der Waals surface area contributed by atoms with Crippen molar-refractivity contribution in [1.29, 1.82) is 0 Å². The highest BCUT2D eigenvalue weighted by molar-refractivity contribution is 5.84. The molecule has 1 aliphatic rings. The number of carbonyl (C=O) groups excluding carboxylic acids is 1. The van der Waals surface area contributed by atoms with Gasteiger partial charge in [0, 0.05) is 35.5 Å². The number of hydrogen-bond acceptors (Lipinski definition) is 4. The summed E-state index contributed by atoms with van der Waals surface area (Å²) in [5.41, 5.74) is 1.49. The van der Waals surface area contributed by atoms with E-state index in [-0.39, 0.29) is 35.3 Å². The number of hydrogen-bond donors (Lipinski definition) is 3. The number of Topliss-reactive ketones (excluding diaryl/α,β-unsaturated/α-hetero) is 1. The average Bonchev–Trinajstić information content (AvgIpc) is 2.69.